The zero-order chi connectivity index (χ0) is 16.7. The number of hydrogen-bond donors (Lipinski definition) is 1. The molecule has 1 aromatic heterocycles. The lowest BCUT2D eigenvalue weighted by molar-refractivity contribution is 0.0993. The highest BCUT2D eigenvalue weighted by atomic mass is 16.2. The van der Waals surface area contributed by atoms with Gasteiger partial charge < -0.3 is 5.32 Å². The van der Waals surface area contributed by atoms with Crippen LogP contribution in [0.2, 0.25) is 0 Å². The molecule has 0 aliphatic heterocycles. The number of hydrogen-bond acceptors (Lipinski definition) is 4. The molecule has 1 heterocycles. The number of ketones is 1. The van der Waals surface area contributed by atoms with Crippen LogP contribution in [0.1, 0.15) is 32.7 Å². The topological polar surface area (TPSA) is 90.2 Å². The summed E-state index contributed by atoms with van der Waals surface area (Å²) in [6.45, 7) is 0. The molecule has 0 bridgehead atoms. The van der Waals surface area contributed by atoms with Gasteiger partial charge in [0.05, 0.1) is 0 Å². The maximum absolute atomic E-state index is 12.5. The van der Waals surface area contributed by atoms with Crippen LogP contribution in [0.25, 0.3) is 0 Å². The Balaban J connectivity index is 2.00. The van der Waals surface area contributed by atoms with Crippen LogP contribution in [0.5, 0.6) is 0 Å². The smallest absolute Gasteiger partial charge is 0.308 e. The number of aromatic nitrogens is 2. The molecule has 0 saturated heterocycles. The molecular weight excluding hydrogens is 298 g/mol. The van der Waals surface area contributed by atoms with E-state index < -0.39 is 17.2 Å². The number of fused-ring (bicyclic) bond motifs is 1. The summed E-state index contributed by atoms with van der Waals surface area (Å²) in [5, 5.41) is 2.58. The van der Waals surface area contributed by atoms with Crippen molar-refractivity contribution in [3.63, 3.8) is 0 Å². The van der Waals surface area contributed by atoms with Crippen molar-refractivity contribution in [1.82, 2.24) is 9.13 Å². The van der Waals surface area contributed by atoms with Gasteiger partial charge in [-0.1, -0.05) is 12.1 Å². The fraction of sp³-hybridized carbons (Fsp3) is 0.250. The molecule has 0 saturated carbocycles. The number of carbonyl (C=O) groups excluding carboxylic acids is 2. The van der Waals surface area contributed by atoms with Crippen molar-refractivity contribution in [2.45, 2.75) is 12.8 Å². The van der Waals surface area contributed by atoms with Crippen LogP contribution in [-0.4, -0.2) is 20.8 Å². The molecule has 1 N–H and O–H groups in total. The van der Waals surface area contributed by atoms with Crippen LogP contribution in [0.4, 0.5) is 5.82 Å². The number of carbonyl (C=O) groups is 2. The fourth-order valence-corrected chi connectivity index (χ4v) is 2.74. The quantitative estimate of drug-likeness (QED) is 0.872. The molecule has 0 spiro atoms. The van der Waals surface area contributed by atoms with E-state index in [0.717, 1.165) is 4.57 Å². The number of anilines is 1. The van der Waals surface area contributed by atoms with Crippen LogP contribution in [0.15, 0.2) is 33.9 Å². The Bertz CT molecular complexity index is 953. The normalized spacial score (nSPS) is 13.0. The predicted octanol–water partition coefficient (Wildman–Crippen LogP) is 0.465. The maximum atomic E-state index is 12.5. The Labute approximate surface area is 131 Å². The van der Waals surface area contributed by atoms with E-state index in [1.807, 2.05) is 0 Å². The summed E-state index contributed by atoms with van der Waals surface area (Å²) in [5.74, 6) is -0.305. The van der Waals surface area contributed by atoms with Crippen molar-refractivity contribution in [1.29, 1.82) is 0 Å². The van der Waals surface area contributed by atoms with Gasteiger partial charge in [-0.15, -0.1) is 0 Å². The van der Waals surface area contributed by atoms with E-state index in [-0.39, 0.29) is 11.6 Å². The van der Waals surface area contributed by atoms with Gasteiger partial charge in [-0.3, -0.25) is 23.5 Å². The molecule has 3 rings (SSSR count). The standard InChI is InChI=1S/C16H15N3O4/c1-18-13(8-14(21)19(2)16(18)23)17-15(22)11-5-3-4-10-9(11)6-7-12(10)20/h3-5,8H,6-7H2,1-2H3,(H,17,22). The second-order valence-corrected chi connectivity index (χ2v) is 5.48. The van der Waals surface area contributed by atoms with Crippen LogP contribution < -0.4 is 16.6 Å². The van der Waals surface area contributed by atoms with Crippen molar-refractivity contribution in [2.24, 2.45) is 14.1 Å². The third kappa shape index (κ3) is 2.40. The average Bonchev–Trinajstić information content (AvgIpc) is 2.92. The zero-order valence-corrected chi connectivity index (χ0v) is 12.8. The second kappa shape index (κ2) is 5.35. The van der Waals surface area contributed by atoms with Crippen LogP contribution >= 0.6 is 0 Å². The summed E-state index contributed by atoms with van der Waals surface area (Å²) in [5.41, 5.74) is 0.638. The Morgan fingerprint density at radius 1 is 1.09 bits per heavy atom. The van der Waals surface area contributed by atoms with Crippen molar-refractivity contribution in [3.05, 3.63) is 61.8 Å². The van der Waals surface area contributed by atoms with Crippen LogP contribution in [0.3, 0.4) is 0 Å². The number of amides is 1. The summed E-state index contributed by atoms with van der Waals surface area (Å²) in [6.07, 6.45) is 0.914. The van der Waals surface area contributed by atoms with Gasteiger partial charge in [0.15, 0.2) is 5.78 Å². The molecule has 0 fully saturated rings. The number of rotatable bonds is 2. The van der Waals surface area contributed by atoms with E-state index in [1.54, 1.807) is 18.2 Å². The molecule has 2 aromatic rings. The van der Waals surface area contributed by atoms with Gasteiger partial charge in [0.1, 0.15) is 5.82 Å². The highest BCUT2D eigenvalue weighted by Crippen LogP contribution is 2.25. The highest BCUT2D eigenvalue weighted by Gasteiger charge is 2.24. The largest absolute Gasteiger partial charge is 0.332 e. The van der Waals surface area contributed by atoms with Crippen molar-refractivity contribution in [2.75, 3.05) is 5.32 Å². The van der Waals surface area contributed by atoms with Crippen molar-refractivity contribution in [3.8, 4) is 0 Å². The monoisotopic (exact) mass is 313 g/mol. The molecule has 0 unspecified atom stereocenters. The summed E-state index contributed by atoms with van der Waals surface area (Å²) < 4.78 is 2.14. The van der Waals surface area contributed by atoms with Gasteiger partial charge in [0.2, 0.25) is 0 Å². The average molecular weight is 313 g/mol. The summed E-state index contributed by atoms with van der Waals surface area (Å²) >= 11 is 0. The molecule has 1 aromatic carbocycles. The first-order chi connectivity index (χ1) is 10.9. The first-order valence-corrected chi connectivity index (χ1v) is 7.13. The molecule has 1 aliphatic carbocycles. The Morgan fingerprint density at radius 2 is 1.83 bits per heavy atom. The minimum atomic E-state index is -0.527. The van der Waals surface area contributed by atoms with Gasteiger partial charge in [0, 0.05) is 37.7 Å². The third-order valence-electron chi connectivity index (χ3n) is 4.09. The zero-order valence-electron chi connectivity index (χ0n) is 12.8. The first-order valence-electron chi connectivity index (χ1n) is 7.13. The van der Waals surface area contributed by atoms with E-state index >= 15 is 0 Å². The number of benzene rings is 1. The molecular formula is C16H15N3O4. The van der Waals surface area contributed by atoms with Gasteiger partial charge in [-0.25, -0.2) is 4.79 Å². The lowest BCUT2D eigenvalue weighted by atomic mass is 10.0. The number of nitrogens with zero attached hydrogens (tertiary/aromatic N) is 2. The molecule has 7 nitrogen and oxygen atoms in total. The molecule has 0 radical (unpaired) electrons. The van der Waals surface area contributed by atoms with E-state index in [2.05, 4.69) is 5.32 Å². The van der Waals surface area contributed by atoms with Crippen molar-refractivity contribution < 1.29 is 9.59 Å². The molecule has 1 amide bonds. The molecule has 7 heteroatoms. The molecule has 118 valence electrons. The Morgan fingerprint density at radius 3 is 2.57 bits per heavy atom. The minimum absolute atomic E-state index is 0.0237. The lowest BCUT2D eigenvalue weighted by Gasteiger charge is -2.12. The molecule has 0 atom stereocenters. The number of Topliss-reactive ketones (excluding diaryl/α,β-unsaturated/α-hetero) is 1. The van der Waals surface area contributed by atoms with Crippen molar-refractivity contribution >= 4 is 17.5 Å². The van der Waals surface area contributed by atoms with Gasteiger partial charge in [-0.2, -0.15) is 0 Å². The predicted molar refractivity (Wildman–Crippen MR) is 84.0 cm³/mol. The summed E-state index contributed by atoms with van der Waals surface area (Å²) in [6, 6.07) is 6.18. The van der Waals surface area contributed by atoms with Gasteiger partial charge >= 0.3 is 5.69 Å². The van der Waals surface area contributed by atoms with E-state index in [1.165, 1.54) is 24.7 Å². The number of nitrogens with one attached hydrogen (secondary N) is 1. The van der Waals surface area contributed by atoms with E-state index in [0.29, 0.717) is 29.5 Å². The molecule has 1 aliphatic rings. The maximum Gasteiger partial charge on any atom is 0.332 e. The summed E-state index contributed by atoms with van der Waals surface area (Å²) in [4.78, 5) is 47.9. The van der Waals surface area contributed by atoms with E-state index in [9.17, 15) is 19.2 Å². The Hall–Kier alpha value is -2.96. The van der Waals surface area contributed by atoms with Gasteiger partial charge in [-0.05, 0) is 18.1 Å². The summed E-state index contributed by atoms with van der Waals surface area (Å²) in [7, 11) is 2.84. The third-order valence-corrected chi connectivity index (χ3v) is 4.09. The van der Waals surface area contributed by atoms with Crippen LogP contribution in [0, 0.1) is 0 Å². The van der Waals surface area contributed by atoms with Gasteiger partial charge in [0.25, 0.3) is 11.5 Å². The van der Waals surface area contributed by atoms with Crippen LogP contribution in [-0.2, 0) is 20.5 Å². The minimum Gasteiger partial charge on any atom is -0.308 e. The van der Waals surface area contributed by atoms with E-state index in [4.69, 9.17) is 0 Å². The first kappa shape index (κ1) is 15.0. The lowest BCUT2D eigenvalue weighted by Crippen LogP contribution is -2.38. The highest BCUT2D eigenvalue weighted by molar-refractivity contribution is 6.09. The SMILES string of the molecule is Cn1c(NC(=O)c2cccc3c2CCC3=O)cc(=O)n(C)c1=O. The Kier molecular flexibility index (Phi) is 3.48. The second-order valence-electron chi connectivity index (χ2n) is 5.48. The molecule has 23 heavy (non-hydrogen) atoms. The fourth-order valence-electron chi connectivity index (χ4n) is 2.74.